The number of piperidine rings is 1. The largest absolute Gasteiger partial charge is 0.493 e. The number of likely N-dealkylation sites (tertiary alicyclic amines) is 1. The highest BCUT2D eigenvalue weighted by Gasteiger charge is 2.44. The average molecular weight is 469 g/mol. The van der Waals surface area contributed by atoms with Gasteiger partial charge in [0.15, 0.2) is 19.8 Å². The van der Waals surface area contributed by atoms with Crippen molar-refractivity contribution in [1.82, 2.24) is 4.90 Å². The van der Waals surface area contributed by atoms with Crippen molar-refractivity contribution in [2.24, 2.45) is 0 Å². The molecule has 0 radical (unpaired) electrons. The Morgan fingerprint density at radius 1 is 1.19 bits per heavy atom. The van der Waals surface area contributed by atoms with Crippen molar-refractivity contribution in [3.05, 3.63) is 27.8 Å². The summed E-state index contributed by atoms with van der Waals surface area (Å²) >= 11 is 0. The number of carboxylic acids is 1. The molecule has 1 aromatic rings. The molecule has 0 aromatic heterocycles. The third kappa shape index (κ3) is 5.21. The van der Waals surface area contributed by atoms with Crippen LogP contribution in [0.25, 0.3) is 0 Å². The van der Waals surface area contributed by atoms with E-state index in [0.29, 0.717) is 6.42 Å². The Kier molecular flexibility index (Phi) is 7.56. The molecule has 1 fully saturated rings. The number of nitrogens with zero attached hydrogens (tertiary/aromatic N) is 2. The normalized spacial score (nSPS) is 19.4. The Bertz CT molecular complexity index is 897. The van der Waals surface area contributed by atoms with E-state index in [2.05, 4.69) is 33.9 Å². The number of nitro benzene ring substituents is 1. The van der Waals surface area contributed by atoms with Gasteiger partial charge in [-0.1, -0.05) is 20.8 Å². The van der Waals surface area contributed by atoms with Crippen LogP contribution in [0.3, 0.4) is 0 Å². The summed E-state index contributed by atoms with van der Waals surface area (Å²) in [6, 6.07) is 1.17. The van der Waals surface area contributed by atoms with Gasteiger partial charge in [0.25, 0.3) is 11.6 Å². The molecule has 11 heteroatoms. The van der Waals surface area contributed by atoms with Crippen molar-refractivity contribution in [2.75, 3.05) is 20.8 Å². The summed E-state index contributed by atoms with van der Waals surface area (Å²) in [5.74, 6) is -1.67. The average Bonchev–Trinajstić information content (AvgIpc) is 2.70. The zero-order valence-corrected chi connectivity index (χ0v) is 20.6. The molecule has 0 saturated carbocycles. The van der Waals surface area contributed by atoms with Gasteiger partial charge in [0.2, 0.25) is 0 Å². The Hall–Kier alpha value is -2.66. The van der Waals surface area contributed by atoms with E-state index >= 15 is 0 Å². The van der Waals surface area contributed by atoms with E-state index in [4.69, 9.17) is 13.9 Å². The highest BCUT2D eigenvalue weighted by Crippen LogP contribution is 2.40. The number of hydrogen-bond donors (Lipinski definition) is 1. The monoisotopic (exact) mass is 468 g/mol. The molecule has 1 saturated heterocycles. The molecule has 0 bridgehead atoms. The Labute approximate surface area is 188 Å². The number of hydrogen-bond acceptors (Lipinski definition) is 7. The third-order valence-electron chi connectivity index (χ3n) is 6.30. The molecule has 10 nitrogen and oxygen atoms in total. The topological polar surface area (TPSA) is 128 Å². The van der Waals surface area contributed by atoms with E-state index in [1.165, 1.54) is 25.2 Å². The fraction of sp³-hybridized carbons (Fsp3) is 0.619. The SMILES string of the molecule is COc1cc(C(=O)N2CC[C@@H](O[Si](C)(C)C(C)(C)C)C[C@H]2C(=O)O)c([N+](=O)[O-])cc1OC. The number of ether oxygens (including phenoxy) is 2. The summed E-state index contributed by atoms with van der Waals surface area (Å²) in [5, 5.41) is 21.4. The van der Waals surface area contributed by atoms with Crippen LogP contribution in [0.1, 0.15) is 44.0 Å². The van der Waals surface area contributed by atoms with Gasteiger partial charge in [-0.25, -0.2) is 4.79 Å². The first kappa shape index (κ1) is 25.6. The van der Waals surface area contributed by atoms with Gasteiger partial charge in [0.05, 0.1) is 25.2 Å². The predicted octanol–water partition coefficient (Wildman–Crippen LogP) is 3.69. The van der Waals surface area contributed by atoms with Crippen LogP contribution in [0, 0.1) is 10.1 Å². The second-order valence-electron chi connectivity index (χ2n) is 9.36. The molecule has 0 aliphatic carbocycles. The van der Waals surface area contributed by atoms with Gasteiger partial charge in [-0.2, -0.15) is 0 Å². The molecule has 32 heavy (non-hydrogen) atoms. The standard InChI is InChI=1S/C21H32N2O8Si/c1-21(2,3)32(6,7)31-13-8-9-22(16(10-13)20(25)26)19(24)14-11-17(29-4)18(30-5)12-15(14)23(27)28/h11-13,16H,8-10H2,1-7H3,(H,25,26)/t13-,16+/m1/s1. The maximum atomic E-state index is 13.3. The molecular formula is C21H32N2O8Si. The summed E-state index contributed by atoms with van der Waals surface area (Å²) in [6.07, 6.45) is 0.263. The lowest BCUT2D eigenvalue weighted by Gasteiger charge is -2.43. The maximum absolute atomic E-state index is 13.3. The van der Waals surface area contributed by atoms with Gasteiger partial charge in [0, 0.05) is 25.1 Å². The van der Waals surface area contributed by atoms with Crippen LogP contribution in [-0.4, -0.2) is 68.0 Å². The summed E-state index contributed by atoms with van der Waals surface area (Å²) in [5.41, 5.74) is -0.723. The number of amides is 1. The van der Waals surface area contributed by atoms with Crippen LogP contribution in [0.2, 0.25) is 18.1 Å². The molecule has 1 heterocycles. The highest BCUT2D eigenvalue weighted by molar-refractivity contribution is 6.74. The van der Waals surface area contributed by atoms with Gasteiger partial charge in [-0.15, -0.1) is 0 Å². The lowest BCUT2D eigenvalue weighted by Crippen LogP contribution is -2.54. The molecular weight excluding hydrogens is 436 g/mol. The third-order valence-corrected chi connectivity index (χ3v) is 10.8. The molecule has 1 N–H and O–H groups in total. The molecule has 1 aliphatic heterocycles. The zero-order valence-electron chi connectivity index (χ0n) is 19.6. The molecule has 178 valence electrons. The summed E-state index contributed by atoms with van der Waals surface area (Å²) in [4.78, 5) is 37.4. The number of benzene rings is 1. The number of methoxy groups -OCH3 is 2. The van der Waals surface area contributed by atoms with Crippen LogP contribution >= 0.6 is 0 Å². The molecule has 1 amide bonds. The Morgan fingerprint density at radius 2 is 1.75 bits per heavy atom. The van der Waals surface area contributed by atoms with E-state index < -0.39 is 36.8 Å². The van der Waals surface area contributed by atoms with Crippen molar-refractivity contribution in [3.63, 3.8) is 0 Å². The van der Waals surface area contributed by atoms with E-state index in [0.717, 1.165) is 6.07 Å². The van der Waals surface area contributed by atoms with Gasteiger partial charge in [-0.05, 0) is 24.6 Å². The van der Waals surface area contributed by atoms with E-state index in [9.17, 15) is 24.8 Å². The lowest BCUT2D eigenvalue weighted by molar-refractivity contribution is -0.385. The van der Waals surface area contributed by atoms with Crippen molar-refractivity contribution in [2.45, 2.75) is 63.9 Å². The van der Waals surface area contributed by atoms with Crippen LogP contribution in [0.15, 0.2) is 12.1 Å². The first-order chi connectivity index (χ1) is 14.7. The van der Waals surface area contributed by atoms with Gasteiger partial charge < -0.3 is 23.9 Å². The molecule has 1 aliphatic rings. The van der Waals surface area contributed by atoms with Crippen LogP contribution in [-0.2, 0) is 9.22 Å². The summed E-state index contributed by atoms with van der Waals surface area (Å²) < 4.78 is 16.6. The van der Waals surface area contributed by atoms with Crippen molar-refractivity contribution < 1.29 is 33.5 Å². The van der Waals surface area contributed by atoms with E-state index in [1.54, 1.807) is 0 Å². The molecule has 0 unspecified atom stereocenters. The minimum atomic E-state index is -2.13. The maximum Gasteiger partial charge on any atom is 0.326 e. The first-order valence-corrected chi connectivity index (χ1v) is 13.3. The number of carbonyl (C=O) groups is 2. The zero-order chi connectivity index (χ0) is 24.4. The number of nitro groups is 1. The summed E-state index contributed by atoms with van der Waals surface area (Å²) in [7, 11) is 0.546. The number of carboxylic acid groups (broad SMARTS) is 1. The van der Waals surface area contributed by atoms with Crippen molar-refractivity contribution >= 4 is 25.9 Å². The van der Waals surface area contributed by atoms with Crippen LogP contribution in [0.5, 0.6) is 11.5 Å². The Morgan fingerprint density at radius 3 is 2.22 bits per heavy atom. The molecule has 2 atom stereocenters. The van der Waals surface area contributed by atoms with Gasteiger partial charge in [-0.3, -0.25) is 14.9 Å². The van der Waals surface area contributed by atoms with Crippen LogP contribution < -0.4 is 9.47 Å². The molecule has 0 spiro atoms. The predicted molar refractivity (Wildman–Crippen MR) is 120 cm³/mol. The number of rotatable bonds is 7. The fourth-order valence-corrected chi connectivity index (χ4v) is 4.86. The second kappa shape index (κ2) is 9.45. The van der Waals surface area contributed by atoms with Gasteiger partial charge >= 0.3 is 5.97 Å². The minimum absolute atomic E-state index is 0.0427. The fourth-order valence-electron chi connectivity index (χ4n) is 3.46. The smallest absolute Gasteiger partial charge is 0.326 e. The first-order valence-electron chi connectivity index (χ1n) is 10.4. The number of carbonyl (C=O) groups excluding carboxylic acids is 1. The van der Waals surface area contributed by atoms with Crippen molar-refractivity contribution in [1.29, 1.82) is 0 Å². The van der Waals surface area contributed by atoms with E-state index in [-0.39, 0.29) is 41.2 Å². The Balaban J connectivity index is 2.37. The van der Waals surface area contributed by atoms with Gasteiger partial charge in [0.1, 0.15) is 11.6 Å². The van der Waals surface area contributed by atoms with E-state index in [1.807, 2.05) is 0 Å². The highest BCUT2D eigenvalue weighted by atomic mass is 28.4. The molecule has 2 rings (SSSR count). The summed E-state index contributed by atoms with van der Waals surface area (Å²) in [6.45, 7) is 10.6. The molecule has 1 aromatic carbocycles. The number of aliphatic carboxylic acids is 1. The quantitative estimate of drug-likeness (QED) is 0.364. The minimum Gasteiger partial charge on any atom is -0.493 e. The lowest BCUT2D eigenvalue weighted by atomic mass is 9.98. The second-order valence-corrected chi connectivity index (χ2v) is 14.1. The van der Waals surface area contributed by atoms with Crippen molar-refractivity contribution in [3.8, 4) is 11.5 Å². The van der Waals surface area contributed by atoms with Crippen LogP contribution in [0.4, 0.5) is 5.69 Å².